The minimum absolute atomic E-state index is 0.00816. The van der Waals surface area contributed by atoms with Gasteiger partial charge in [-0.3, -0.25) is 9.59 Å². The standard InChI is InChI=1S/C28H44N2O5S/c1-15-9-8-10-27(6)14-28(27,7)26(29)25(16(2)11-20-13-36-19(5)30-20)35-22(32)12-21(31)17(3)24(34)18(4)23(15)33/h11,13,15,17-18,21,23,25-26,31,33H,8-10,12,14,29H2,1-7H3/b16-11+/t15-,17?,18+,21-,23-,25+,26?,27-,28+/m0/s1. The van der Waals surface area contributed by atoms with E-state index >= 15 is 0 Å². The van der Waals surface area contributed by atoms with Crippen molar-refractivity contribution in [2.24, 2.45) is 34.3 Å². The number of aryl methyl sites for hydroxylation is 1. The molecule has 36 heavy (non-hydrogen) atoms. The van der Waals surface area contributed by atoms with Crippen LogP contribution in [-0.2, 0) is 14.3 Å². The zero-order valence-electron chi connectivity index (χ0n) is 22.8. The second kappa shape index (κ2) is 11.0. The number of nitrogens with zero attached hydrogens (tertiary/aromatic N) is 1. The summed E-state index contributed by atoms with van der Waals surface area (Å²) in [4.78, 5) is 30.5. The van der Waals surface area contributed by atoms with Crippen LogP contribution in [0.4, 0.5) is 0 Å². The maximum absolute atomic E-state index is 13.0. The van der Waals surface area contributed by atoms with Gasteiger partial charge in [0.05, 0.1) is 35.4 Å². The number of rotatable bonds is 2. The second-order valence-electron chi connectivity index (χ2n) is 11.9. The highest BCUT2D eigenvalue weighted by atomic mass is 32.1. The van der Waals surface area contributed by atoms with Crippen LogP contribution in [0.5, 0.6) is 0 Å². The van der Waals surface area contributed by atoms with Gasteiger partial charge in [0.2, 0.25) is 0 Å². The SMILES string of the molecule is C/C(=C\c1csc(C)n1)[C@H]1OC(=O)C[C@H](O)C(C)C(=O)[C@H](C)[C@@H](O)[C@@H](C)CCC[C@@]2(C)C[C@]2(C)C1N. The molecule has 2 unspecified atom stereocenters. The lowest BCUT2D eigenvalue weighted by atomic mass is 9.79. The molecule has 3 rings (SSSR count). The highest BCUT2D eigenvalue weighted by Crippen LogP contribution is 2.68. The van der Waals surface area contributed by atoms with Gasteiger partial charge in [0.25, 0.3) is 0 Å². The van der Waals surface area contributed by atoms with Gasteiger partial charge < -0.3 is 20.7 Å². The first-order valence-corrected chi connectivity index (χ1v) is 14.0. The van der Waals surface area contributed by atoms with Gasteiger partial charge in [-0.15, -0.1) is 11.3 Å². The monoisotopic (exact) mass is 520 g/mol. The van der Waals surface area contributed by atoms with Gasteiger partial charge in [0.15, 0.2) is 0 Å². The van der Waals surface area contributed by atoms with E-state index in [-0.39, 0.29) is 29.0 Å². The van der Waals surface area contributed by atoms with Crippen LogP contribution in [0.1, 0.15) is 84.3 Å². The van der Waals surface area contributed by atoms with Crippen molar-refractivity contribution in [2.45, 2.75) is 105 Å². The van der Waals surface area contributed by atoms with Crippen LogP contribution >= 0.6 is 11.3 Å². The van der Waals surface area contributed by atoms with Gasteiger partial charge in [-0.2, -0.15) is 0 Å². The lowest BCUT2D eigenvalue weighted by molar-refractivity contribution is -0.153. The molecule has 9 atom stereocenters. The Morgan fingerprint density at radius 3 is 2.50 bits per heavy atom. The van der Waals surface area contributed by atoms with Crippen LogP contribution < -0.4 is 5.73 Å². The van der Waals surface area contributed by atoms with Crippen molar-refractivity contribution in [3.63, 3.8) is 0 Å². The number of esters is 1. The molecule has 0 bridgehead atoms. The number of hydrogen-bond acceptors (Lipinski definition) is 8. The molecular formula is C28H44N2O5S. The Bertz CT molecular complexity index is 992. The molecule has 2 fully saturated rings. The van der Waals surface area contributed by atoms with E-state index in [0.29, 0.717) is 0 Å². The molecule has 0 radical (unpaired) electrons. The molecule has 0 amide bonds. The van der Waals surface area contributed by atoms with Crippen molar-refractivity contribution in [3.05, 3.63) is 21.7 Å². The van der Waals surface area contributed by atoms with Gasteiger partial charge in [0, 0.05) is 17.2 Å². The quantitative estimate of drug-likeness (QED) is 0.497. The van der Waals surface area contributed by atoms with Crippen molar-refractivity contribution < 1.29 is 24.5 Å². The number of hydrogen-bond donors (Lipinski definition) is 3. The summed E-state index contributed by atoms with van der Waals surface area (Å²) in [5.41, 5.74) is 8.25. The fourth-order valence-corrected chi connectivity index (χ4v) is 6.56. The van der Waals surface area contributed by atoms with Crippen LogP contribution in [0.3, 0.4) is 0 Å². The van der Waals surface area contributed by atoms with Crippen LogP contribution in [0.25, 0.3) is 6.08 Å². The predicted molar refractivity (Wildman–Crippen MR) is 142 cm³/mol. The Balaban J connectivity index is 1.92. The molecule has 4 N–H and O–H groups in total. The van der Waals surface area contributed by atoms with E-state index in [1.807, 2.05) is 32.2 Å². The topological polar surface area (TPSA) is 123 Å². The molecule has 1 saturated heterocycles. The molecule has 2 heterocycles. The first-order valence-electron chi connectivity index (χ1n) is 13.2. The number of carbonyl (C=O) groups excluding carboxylic acids is 2. The summed E-state index contributed by atoms with van der Waals surface area (Å²) in [7, 11) is 0. The van der Waals surface area contributed by atoms with E-state index in [9.17, 15) is 19.8 Å². The Kier molecular flexibility index (Phi) is 8.86. The minimum Gasteiger partial charge on any atom is -0.456 e. The third-order valence-electron chi connectivity index (χ3n) is 9.13. The van der Waals surface area contributed by atoms with Crippen molar-refractivity contribution in [1.29, 1.82) is 0 Å². The molecule has 0 aromatic carbocycles. The molecule has 2 aliphatic rings. The summed E-state index contributed by atoms with van der Waals surface area (Å²) >= 11 is 1.55. The van der Waals surface area contributed by atoms with E-state index in [4.69, 9.17) is 10.5 Å². The number of ketones is 1. The van der Waals surface area contributed by atoms with Crippen LogP contribution in [0, 0.1) is 35.5 Å². The zero-order valence-corrected chi connectivity index (χ0v) is 23.6. The summed E-state index contributed by atoms with van der Waals surface area (Å²) in [5, 5.41) is 24.4. The number of ether oxygens (including phenoxy) is 1. The van der Waals surface area contributed by atoms with E-state index in [2.05, 4.69) is 18.8 Å². The average Bonchev–Trinajstić information content (AvgIpc) is 3.14. The fourth-order valence-electron chi connectivity index (χ4n) is 5.99. The Labute approximate surface area is 219 Å². The molecule has 202 valence electrons. The van der Waals surface area contributed by atoms with Crippen molar-refractivity contribution in [1.82, 2.24) is 4.98 Å². The summed E-state index contributed by atoms with van der Waals surface area (Å²) < 4.78 is 5.95. The first-order chi connectivity index (χ1) is 16.7. The molecule has 1 aromatic heterocycles. The summed E-state index contributed by atoms with van der Waals surface area (Å²) in [6, 6.07) is -0.436. The molecule has 1 aliphatic heterocycles. The third-order valence-corrected chi connectivity index (χ3v) is 9.92. The van der Waals surface area contributed by atoms with Gasteiger partial charge in [0.1, 0.15) is 11.9 Å². The number of Topliss-reactive ketones (excluding diaryl/α,β-unsaturated/α-hetero) is 1. The number of aromatic nitrogens is 1. The molecule has 8 heteroatoms. The van der Waals surface area contributed by atoms with Crippen LogP contribution in [0.15, 0.2) is 11.0 Å². The molecule has 7 nitrogen and oxygen atoms in total. The average molecular weight is 521 g/mol. The molecular weight excluding hydrogens is 476 g/mol. The Morgan fingerprint density at radius 1 is 1.22 bits per heavy atom. The van der Waals surface area contributed by atoms with E-state index in [0.717, 1.165) is 42.0 Å². The summed E-state index contributed by atoms with van der Waals surface area (Å²) in [5.74, 6) is -2.30. The highest BCUT2D eigenvalue weighted by molar-refractivity contribution is 7.09. The molecule has 0 spiro atoms. The van der Waals surface area contributed by atoms with Crippen LogP contribution in [0.2, 0.25) is 0 Å². The maximum atomic E-state index is 13.0. The van der Waals surface area contributed by atoms with E-state index in [1.54, 1.807) is 25.2 Å². The number of nitrogens with two attached hydrogens (primary N) is 1. The van der Waals surface area contributed by atoms with Gasteiger partial charge in [-0.1, -0.05) is 41.0 Å². The van der Waals surface area contributed by atoms with Crippen molar-refractivity contribution in [3.8, 4) is 0 Å². The number of carbonyl (C=O) groups is 2. The largest absolute Gasteiger partial charge is 0.456 e. The second-order valence-corrected chi connectivity index (χ2v) is 12.9. The smallest absolute Gasteiger partial charge is 0.309 e. The number of aliphatic hydroxyl groups is 2. The minimum atomic E-state index is -1.20. The third kappa shape index (κ3) is 5.93. The summed E-state index contributed by atoms with van der Waals surface area (Å²) in [6.45, 7) is 13.5. The van der Waals surface area contributed by atoms with Gasteiger partial charge in [-0.25, -0.2) is 4.98 Å². The Morgan fingerprint density at radius 2 is 1.89 bits per heavy atom. The maximum Gasteiger partial charge on any atom is 0.309 e. The van der Waals surface area contributed by atoms with Crippen molar-refractivity contribution >= 4 is 29.2 Å². The van der Waals surface area contributed by atoms with Gasteiger partial charge in [-0.05, 0) is 61.5 Å². The Hall–Kier alpha value is -1.61. The molecule has 1 saturated carbocycles. The normalized spacial score (nSPS) is 41.5. The van der Waals surface area contributed by atoms with Crippen LogP contribution in [-0.4, -0.2) is 51.3 Å². The van der Waals surface area contributed by atoms with E-state index < -0.39 is 42.2 Å². The number of thiazole rings is 1. The fraction of sp³-hybridized carbons (Fsp3) is 0.750. The lowest BCUT2D eigenvalue weighted by Gasteiger charge is -2.34. The number of aliphatic hydroxyl groups excluding tert-OH is 2. The highest BCUT2D eigenvalue weighted by Gasteiger charge is 2.64. The first kappa shape index (κ1) is 29.0. The number of fused-ring (bicyclic) bond motifs is 1. The van der Waals surface area contributed by atoms with Gasteiger partial charge >= 0.3 is 5.97 Å². The predicted octanol–water partition coefficient (Wildman–Crippen LogP) is 4.28. The van der Waals surface area contributed by atoms with Crippen molar-refractivity contribution in [2.75, 3.05) is 0 Å². The van der Waals surface area contributed by atoms with E-state index in [1.165, 1.54) is 0 Å². The zero-order chi connectivity index (χ0) is 27.0. The summed E-state index contributed by atoms with van der Waals surface area (Å²) in [6.07, 6.45) is 2.51. The number of cyclic esters (lactones) is 1. The molecule has 1 aliphatic carbocycles. The lowest BCUT2D eigenvalue weighted by Crippen LogP contribution is -2.47. The molecule has 1 aromatic rings.